The highest BCUT2D eigenvalue weighted by Gasteiger charge is 2.34. The highest BCUT2D eigenvalue weighted by molar-refractivity contribution is 6.00. The minimum absolute atomic E-state index is 0.186. The molecule has 8 heteroatoms. The lowest BCUT2D eigenvalue weighted by Crippen LogP contribution is -2.55. The average molecular weight is 281 g/mol. The van der Waals surface area contributed by atoms with Gasteiger partial charge in [0.2, 0.25) is 5.91 Å². The maximum absolute atomic E-state index is 12.6. The molecule has 0 aromatic carbocycles. The number of hydrogen-bond donors (Lipinski definition) is 2. The van der Waals surface area contributed by atoms with Gasteiger partial charge >= 0.3 is 0 Å². The van der Waals surface area contributed by atoms with Crippen molar-refractivity contribution in [3.8, 4) is 0 Å². The maximum Gasteiger partial charge on any atom is 0.275 e. The molecule has 1 atom stereocenters. The Morgan fingerprint density at radius 3 is 3.00 bits per heavy atom. The Morgan fingerprint density at radius 1 is 1.60 bits per heavy atom. The molecule has 110 valence electrons. The van der Waals surface area contributed by atoms with E-state index in [1.807, 2.05) is 6.92 Å². The van der Waals surface area contributed by atoms with Crippen molar-refractivity contribution in [3.05, 3.63) is 11.9 Å². The molecule has 0 bridgehead atoms. The van der Waals surface area contributed by atoms with Crippen LogP contribution in [-0.2, 0) is 16.1 Å². The summed E-state index contributed by atoms with van der Waals surface area (Å²) in [7, 11) is 1.53. The number of morpholine rings is 1. The number of nitrogens with zero attached hydrogens (tertiary/aromatic N) is 3. The van der Waals surface area contributed by atoms with Gasteiger partial charge in [0.05, 0.1) is 25.1 Å². The second kappa shape index (κ2) is 5.91. The number of ether oxygens (including phenoxy) is 1. The summed E-state index contributed by atoms with van der Waals surface area (Å²) in [5.41, 5.74) is 6.46. The van der Waals surface area contributed by atoms with Gasteiger partial charge < -0.3 is 20.7 Å². The summed E-state index contributed by atoms with van der Waals surface area (Å²) < 4.78 is 6.82. The predicted molar refractivity (Wildman–Crippen MR) is 72.0 cm³/mol. The predicted octanol–water partition coefficient (Wildman–Crippen LogP) is -0.928. The van der Waals surface area contributed by atoms with E-state index in [4.69, 9.17) is 10.5 Å². The zero-order valence-corrected chi connectivity index (χ0v) is 11.6. The lowest BCUT2D eigenvalue weighted by Gasteiger charge is -2.34. The molecule has 1 unspecified atom stereocenters. The van der Waals surface area contributed by atoms with Crippen molar-refractivity contribution in [2.24, 2.45) is 0 Å². The van der Waals surface area contributed by atoms with E-state index in [1.54, 1.807) is 0 Å². The number of nitrogens with one attached hydrogen (secondary N) is 1. The van der Waals surface area contributed by atoms with Crippen LogP contribution in [0.5, 0.6) is 0 Å². The second-order valence-corrected chi connectivity index (χ2v) is 4.47. The van der Waals surface area contributed by atoms with Gasteiger partial charge in [-0.1, -0.05) is 0 Å². The number of likely N-dealkylation sites (N-methyl/N-ethyl adjacent to an activating group) is 1. The number of aromatic nitrogens is 2. The fourth-order valence-electron chi connectivity index (χ4n) is 2.24. The van der Waals surface area contributed by atoms with Crippen LogP contribution >= 0.6 is 0 Å². The third kappa shape index (κ3) is 2.46. The maximum atomic E-state index is 12.6. The number of hydrogen-bond acceptors (Lipinski definition) is 5. The van der Waals surface area contributed by atoms with Gasteiger partial charge in [0.1, 0.15) is 11.7 Å². The van der Waals surface area contributed by atoms with Crippen molar-refractivity contribution in [1.29, 1.82) is 0 Å². The number of carbonyl (C=O) groups excluding carboxylic acids is 2. The molecule has 2 heterocycles. The zero-order chi connectivity index (χ0) is 14.7. The SMILES string of the molecule is CCn1ncc(N)c1C(=O)N1CCOCC1C(=O)NC. The molecule has 1 aliphatic heterocycles. The molecule has 2 amide bonds. The van der Waals surface area contributed by atoms with Crippen molar-refractivity contribution in [2.45, 2.75) is 19.5 Å². The molecule has 1 fully saturated rings. The standard InChI is InChI=1S/C12H19N5O3/c1-3-17-10(8(13)6-15-17)12(19)16-4-5-20-7-9(16)11(18)14-2/h6,9H,3-5,7,13H2,1-2H3,(H,14,18). The molecule has 3 N–H and O–H groups in total. The van der Waals surface area contributed by atoms with Gasteiger partial charge in [0.15, 0.2) is 0 Å². The normalized spacial score (nSPS) is 18.9. The highest BCUT2D eigenvalue weighted by Crippen LogP contribution is 2.17. The monoisotopic (exact) mass is 281 g/mol. The topological polar surface area (TPSA) is 102 Å². The van der Waals surface area contributed by atoms with E-state index < -0.39 is 6.04 Å². The largest absolute Gasteiger partial charge is 0.396 e. The summed E-state index contributed by atoms with van der Waals surface area (Å²) in [6.07, 6.45) is 1.45. The summed E-state index contributed by atoms with van der Waals surface area (Å²) in [6, 6.07) is -0.638. The van der Waals surface area contributed by atoms with Gasteiger partial charge in [-0.15, -0.1) is 0 Å². The van der Waals surface area contributed by atoms with Crippen molar-refractivity contribution >= 4 is 17.5 Å². The summed E-state index contributed by atoms with van der Waals surface area (Å²) in [5.74, 6) is -0.544. The van der Waals surface area contributed by atoms with Crippen molar-refractivity contribution in [3.63, 3.8) is 0 Å². The van der Waals surface area contributed by atoms with E-state index in [1.165, 1.54) is 22.8 Å². The molecule has 0 spiro atoms. The Labute approximate surface area is 116 Å². The first-order chi connectivity index (χ1) is 9.60. The average Bonchev–Trinajstić information content (AvgIpc) is 2.86. The molecule has 1 aromatic heterocycles. The molecule has 0 aliphatic carbocycles. The van der Waals surface area contributed by atoms with Gasteiger partial charge in [-0.25, -0.2) is 0 Å². The summed E-state index contributed by atoms with van der Waals surface area (Å²) in [6.45, 7) is 3.35. The van der Waals surface area contributed by atoms with Crippen molar-refractivity contribution in [2.75, 3.05) is 32.5 Å². The van der Waals surface area contributed by atoms with Gasteiger partial charge in [-0.3, -0.25) is 14.3 Å². The van der Waals surface area contributed by atoms with Crippen LogP contribution in [0.15, 0.2) is 6.20 Å². The van der Waals surface area contributed by atoms with E-state index in [9.17, 15) is 9.59 Å². The first-order valence-electron chi connectivity index (χ1n) is 6.51. The number of nitrogen functional groups attached to an aromatic ring is 1. The fourth-order valence-corrected chi connectivity index (χ4v) is 2.24. The smallest absolute Gasteiger partial charge is 0.275 e. The number of nitrogens with two attached hydrogens (primary N) is 1. The summed E-state index contributed by atoms with van der Waals surface area (Å²) in [4.78, 5) is 26.0. The van der Waals surface area contributed by atoms with Crippen molar-refractivity contribution in [1.82, 2.24) is 20.0 Å². The van der Waals surface area contributed by atoms with Gasteiger partial charge in [0, 0.05) is 20.1 Å². The van der Waals surface area contributed by atoms with Gasteiger partial charge in [-0.05, 0) is 6.92 Å². The fraction of sp³-hybridized carbons (Fsp3) is 0.583. The summed E-state index contributed by atoms with van der Waals surface area (Å²) in [5, 5.41) is 6.59. The van der Waals surface area contributed by atoms with Crippen LogP contribution in [0.1, 0.15) is 17.4 Å². The lowest BCUT2D eigenvalue weighted by molar-refractivity contribution is -0.130. The van der Waals surface area contributed by atoms with E-state index in [0.29, 0.717) is 31.1 Å². The molecule has 20 heavy (non-hydrogen) atoms. The van der Waals surface area contributed by atoms with Crippen LogP contribution in [0, 0.1) is 0 Å². The third-order valence-electron chi connectivity index (χ3n) is 3.31. The number of aryl methyl sites for hydroxylation is 1. The third-order valence-corrected chi connectivity index (χ3v) is 3.31. The molecule has 0 saturated carbocycles. The number of rotatable bonds is 3. The van der Waals surface area contributed by atoms with Crippen LogP contribution in [0.3, 0.4) is 0 Å². The number of amides is 2. The van der Waals surface area contributed by atoms with E-state index in [0.717, 1.165) is 0 Å². The molecule has 2 rings (SSSR count). The Kier molecular flexibility index (Phi) is 4.23. The Morgan fingerprint density at radius 2 is 2.35 bits per heavy atom. The number of anilines is 1. The second-order valence-electron chi connectivity index (χ2n) is 4.47. The Bertz CT molecular complexity index is 513. The van der Waals surface area contributed by atoms with Gasteiger partial charge in [-0.2, -0.15) is 5.10 Å². The van der Waals surface area contributed by atoms with E-state index in [-0.39, 0.29) is 18.4 Å². The van der Waals surface area contributed by atoms with Crippen LogP contribution < -0.4 is 11.1 Å². The zero-order valence-electron chi connectivity index (χ0n) is 11.6. The molecule has 8 nitrogen and oxygen atoms in total. The van der Waals surface area contributed by atoms with E-state index >= 15 is 0 Å². The minimum atomic E-state index is -0.638. The van der Waals surface area contributed by atoms with Crippen molar-refractivity contribution < 1.29 is 14.3 Å². The Hall–Kier alpha value is -2.09. The molecule has 1 aromatic rings. The Balaban J connectivity index is 2.30. The van der Waals surface area contributed by atoms with Crippen LogP contribution in [0.4, 0.5) is 5.69 Å². The summed E-state index contributed by atoms with van der Waals surface area (Å²) >= 11 is 0. The number of carbonyl (C=O) groups is 2. The molecule has 1 aliphatic rings. The van der Waals surface area contributed by atoms with E-state index in [2.05, 4.69) is 10.4 Å². The molecule has 0 radical (unpaired) electrons. The molecule has 1 saturated heterocycles. The molecular formula is C12H19N5O3. The van der Waals surface area contributed by atoms with Gasteiger partial charge in [0.25, 0.3) is 5.91 Å². The molecular weight excluding hydrogens is 262 g/mol. The lowest BCUT2D eigenvalue weighted by atomic mass is 10.2. The van der Waals surface area contributed by atoms with Crippen LogP contribution in [0.2, 0.25) is 0 Å². The first-order valence-corrected chi connectivity index (χ1v) is 6.51. The first kappa shape index (κ1) is 14.3. The quantitative estimate of drug-likeness (QED) is 0.745. The highest BCUT2D eigenvalue weighted by atomic mass is 16.5. The van der Waals surface area contributed by atoms with Crippen LogP contribution in [0.25, 0.3) is 0 Å². The minimum Gasteiger partial charge on any atom is -0.396 e. The van der Waals surface area contributed by atoms with Crippen LogP contribution in [-0.4, -0.2) is 59.3 Å².